The van der Waals surface area contributed by atoms with Gasteiger partial charge in [0.1, 0.15) is 0 Å². The maximum Gasteiger partial charge on any atom is 0.0376 e. The summed E-state index contributed by atoms with van der Waals surface area (Å²) in [6.45, 7) is 8.72. The lowest BCUT2D eigenvalue weighted by molar-refractivity contribution is 0.187. The molecule has 1 aliphatic heterocycles. The molecule has 0 saturated carbocycles. The van der Waals surface area contributed by atoms with Gasteiger partial charge in [-0.05, 0) is 32.9 Å². The van der Waals surface area contributed by atoms with Gasteiger partial charge in [0.05, 0.1) is 0 Å². The van der Waals surface area contributed by atoms with Gasteiger partial charge in [0.2, 0.25) is 0 Å². The molecule has 1 rings (SSSR count). The summed E-state index contributed by atoms with van der Waals surface area (Å²) in [5.74, 6) is 0.778. The number of nitrogens with zero attached hydrogens (tertiary/aromatic N) is 1. The molecule has 0 N–H and O–H groups in total. The molecule has 0 spiro atoms. The summed E-state index contributed by atoms with van der Waals surface area (Å²) in [6.07, 6.45) is 4.13. The fourth-order valence-electron chi connectivity index (χ4n) is 1.46. The van der Waals surface area contributed by atoms with Crippen LogP contribution in [0.1, 0.15) is 40.0 Å². The van der Waals surface area contributed by atoms with Gasteiger partial charge in [-0.25, -0.2) is 0 Å². The second kappa shape index (κ2) is 7.88. The van der Waals surface area contributed by atoms with Crippen LogP contribution in [-0.4, -0.2) is 29.9 Å². The van der Waals surface area contributed by atoms with Gasteiger partial charge in [0.15, 0.2) is 0 Å². The Hall–Kier alpha value is 0.250. The molecular weight excluding hydrogens is 170 g/mol. The Morgan fingerprint density at radius 1 is 1.17 bits per heavy atom. The Kier molecular flexibility index (Phi) is 8.04. The molecule has 74 valence electrons. The van der Waals surface area contributed by atoms with Gasteiger partial charge in [-0.2, -0.15) is 0 Å². The molecule has 1 unspecified atom stereocenters. The third-order valence-corrected chi connectivity index (χ3v) is 2.68. The van der Waals surface area contributed by atoms with E-state index in [-0.39, 0.29) is 0 Å². The average molecular weight is 192 g/mol. The van der Waals surface area contributed by atoms with Crippen molar-refractivity contribution in [3.05, 3.63) is 0 Å². The second-order valence-electron chi connectivity index (χ2n) is 3.10. The van der Waals surface area contributed by atoms with Gasteiger partial charge in [-0.1, -0.05) is 20.3 Å². The predicted octanol–water partition coefficient (Wildman–Crippen LogP) is 3.13. The van der Waals surface area contributed by atoms with Crippen molar-refractivity contribution in [2.45, 2.75) is 46.1 Å². The fourth-order valence-corrected chi connectivity index (χ4v) is 1.65. The molecule has 1 fully saturated rings. The van der Waals surface area contributed by atoms with Crippen molar-refractivity contribution in [1.82, 2.24) is 4.90 Å². The molecule has 0 bridgehead atoms. The van der Waals surface area contributed by atoms with Crippen molar-refractivity contribution < 1.29 is 0 Å². The van der Waals surface area contributed by atoms with Gasteiger partial charge in [0, 0.05) is 11.9 Å². The van der Waals surface area contributed by atoms with E-state index >= 15 is 0 Å². The van der Waals surface area contributed by atoms with E-state index in [9.17, 15) is 0 Å². The summed E-state index contributed by atoms with van der Waals surface area (Å²) in [4.78, 5) is 2.48. The molecule has 0 aromatic heterocycles. The van der Waals surface area contributed by atoms with Crippen molar-refractivity contribution in [3.63, 3.8) is 0 Å². The lowest BCUT2D eigenvalue weighted by atomic mass is 10.1. The molecule has 1 aliphatic rings. The van der Waals surface area contributed by atoms with E-state index in [1.165, 1.54) is 32.4 Å². The Balaban J connectivity index is 0.000000561. The molecule has 2 heteroatoms. The Bertz CT molecular complexity index is 89.8. The Morgan fingerprint density at radius 2 is 1.67 bits per heavy atom. The minimum absolute atomic E-state index is 0.585. The highest BCUT2D eigenvalue weighted by Crippen LogP contribution is 2.12. The highest BCUT2D eigenvalue weighted by atomic mass is 35.5. The fraction of sp³-hybridized carbons (Fsp3) is 1.00. The summed E-state index contributed by atoms with van der Waals surface area (Å²) in [6, 6.07) is 0.585. The van der Waals surface area contributed by atoms with Crippen molar-refractivity contribution in [3.8, 4) is 0 Å². The van der Waals surface area contributed by atoms with Gasteiger partial charge in [0.25, 0.3) is 0 Å². The Morgan fingerprint density at radius 3 is 2.08 bits per heavy atom. The maximum absolute atomic E-state index is 5.74. The topological polar surface area (TPSA) is 3.24 Å². The van der Waals surface area contributed by atoms with E-state index in [4.69, 9.17) is 11.6 Å². The first kappa shape index (κ1) is 12.2. The molecule has 1 heterocycles. The number of hydrogen-bond acceptors (Lipinski definition) is 1. The minimum atomic E-state index is 0.585. The zero-order valence-electron chi connectivity index (χ0n) is 8.65. The summed E-state index contributed by atoms with van der Waals surface area (Å²) in [5, 5.41) is 0. The van der Waals surface area contributed by atoms with E-state index in [1.54, 1.807) is 0 Å². The molecule has 1 nitrogen and oxygen atoms in total. The summed E-state index contributed by atoms with van der Waals surface area (Å²) in [5.41, 5.74) is 0. The molecule has 0 radical (unpaired) electrons. The monoisotopic (exact) mass is 191 g/mol. The van der Waals surface area contributed by atoms with Crippen LogP contribution in [0.2, 0.25) is 0 Å². The molecule has 1 saturated heterocycles. The molecule has 12 heavy (non-hydrogen) atoms. The van der Waals surface area contributed by atoms with E-state index < -0.39 is 0 Å². The van der Waals surface area contributed by atoms with Crippen molar-refractivity contribution in [2.24, 2.45) is 0 Å². The first-order valence-electron chi connectivity index (χ1n) is 5.14. The van der Waals surface area contributed by atoms with Gasteiger partial charge >= 0.3 is 0 Å². The highest BCUT2D eigenvalue weighted by Gasteiger charge is 2.14. The minimum Gasteiger partial charge on any atom is -0.299 e. The van der Waals surface area contributed by atoms with Crippen LogP contribution in [0.5, 0.6) is 0 Å². The predicted molar refractivity (Wildman–Crippen MR) is 57.0 cm³/mol. The zero-order chi connectivity index (χ0) is 9.40. The van der Waals surface area contributed by atoms with Crippen LogP contribution in [0, 0.1) is 0 Å². The van der Waals surface area contributed by atoms with E-state index in [0.29, 0.717) is 6.04 Å². The average Bonchev–Trinajstić information content (AvgIpc) is 2.21. The first-order chi connectivity index (χ1) is 5.84. The number of likely N-dealkylation sites (tertiary alicyclic amines) is 1. The molecule has 0 aromatic rings. The molecule has 1 atom stereocenters. The lowest BCUT2D eigenvalue weighted by Crippen LogP contribution is -2.38. The van der Waals surface area contributed by atoms with Crippen molar-refractivity contribution >= 4 is 11.6 Å². The quantitative estimate of drug-likeness (QED) is 0.607. The second-order valence-corrected chi connectivity index (χ2v) is 3.41. The lowest BCUT2D eigenvalue weighted by Gasteiger charge is -2.30. The zero-order valence-corrected chi connectivity index (χ0v) is 9.40. The van der Waals surface area contributed by atoms with Crippen molar-refractivity contribution in [1.29, 1.82) is 0 Å². The van der Waals surface area contributed by atoms with Gasteiger partial charge in [-0.15, -0.1) is 11.6 Å². The first-order valence-corrected chi connectivity index (χ1v) is 5.68. The van der Waals surface area contributed by atoms with E-state index in [0.717, 1.165) is 5.88 Å². The van der Waals surface area contributed by atoms with Gasteiger partial charge < -0.3 is 0 Å². The van der Waals surface area contributed by atoms with E-state index in [1.807, 2.05) is 13.8 Å². The van der Waals surface area contributed by atoms with Crippen LogP contribution in [-0.2, 0) is 0 Å². The number of piperidine rings is 1. The van der Waals surface area contributed by atoms with Crippen LogP contribution in [0.25, 0.3) is 0 Å². The number of hydrogen-bond donors (Lipinski definition) is 0. The molecular formula is C10H22ClN. The number of alkyl halides is 1. The molecule has 0 aromatic carbocycles. The van der Waals surface area contributed by atoms with Gasteiger partial charge in [-0.3, -0.25) is 4.90 Å². The summed E-state index contributed by atoms with van der Waals surface area (Å²) in [7, 11) is 0. The summed E-state index contributed by atoms with van der Waals surface area (Å²) < 4.78 is 0. The van der Waals surface area contributed by atoms with Crippen LogP contribution >= 0.6 is 11.6 Å². The highest BCUT2D eigenvalue weighted by molar-refractivity contribution is 6.18. The van der Waals surface area contributed by atoms with Crippen LogP contribution < -0.4 is 0 Å². The number of rotatable bonds is 2. The maximum atomic E-state index is 5.74. The standard InChI is InChI=1S/C8H16ClN.C2H6/c1-8(7-9)10-5-3-2-4-6-10;1-2/h8H,2-7H2,1H3;1-2H3. The van der Waals surface area contributed by atoms with Crippen molar-refractivity contribution in [2.75, 3.05) is 19.0 Å². The molecule has 0 amide bonds. The summed E-state index contributed by atoms with van der Waals surface area (Å²) >= 11 is 5.74. The van der Waals surface area contributed by atoms with Crippen LogP contribution in [0.3, 0.4) is 0 Å². The SMILES string of the molecule is CC.CC(CCl)N1CCCCC1. The smallest absolute Gasteiger partial charge is 0.0376 e. The van der Waals surface area contributed by atoms with Crippen LogP contribution in [0.15, 0.2) is 0 Å². The largest absolute Gasteiger partial charge is 0.299 e. The van der Waals surface area contributed by atoms with Crippen LogP contribution in [0.4, 0.5) is 0 Å². The molecule has 0 aliphatic carbocycles. The Labute approximate surface area is 82.1 Å². The third-order valence-electron chi connectivity index (χ3n) is 2.24. The number of halogens is 1. The van der Waals surface area contributed by atoms with E-state index in [2.05, 4.69) is 11.8 Å². The third kappa shape index (κ3) is 4.32. The normalized spacial score (nSPS) is 21.0.